The molecule has 1 aromatic rings. The van der Waals surface area contributed by atoms with Crippen LogP contribution >= 0.6 is 0 Å². The lowest BCUT2D eigenvalue weighted by Crippen LogP contribution is -2.12. The van der Waals surface area contributed by atoms with Crippen molar-refractivity contribution < 1.29 is 14.3 Å². The van der Waals surface area contributed by atoms with E-state index in [1.807, 2.05) is 24.3 Å². The Bertz CT molecular complexity index is 396. The molecule has 0 bridgehead atoms. The first-order chi connectivity index (χ1) is 7.31. The fraction of sp³-hybridized carbons (Fsp3) is 0.250. The number of benzene rings is 1. The number of hydrogen-bond donors (Lipinski definition) is 0. The van der Waals surface area contributed by atoms with Gasteiger partial charge in [-0.1, -0.05) is 18.2 Å². The van der Waals surface area contributed by atoms with Gasteiger partial charge in [0.1, 0.15) is 11.9 Å². The van der Waals surface area contributed by atoms with Crippen molar-refractivity contribution in [3.63, 3.8) is 0 Å². The van der Waals surface area contributed by atoms with Gasteiger partial charge in [0.15, 0.2) is 5.78 Å². The van der Waals surface area contributed by atoms with Crippen molar-refractivity contribution in [2.45, 2.75) is 12.5 Å². The standard InChI is InChI=1S/C12H12O3/c1-14-11-5-3-2-4-10(11)12-8-9(13)6-7-15-12/h2-7,12H,8H2,1H3/t12-/m1/s1. The normalized spacial score (nSPS) is 19.8. The highest BCUT2D eigenvalue weighted by atomic mass is 16.5. The minimum Gasteiger partial charge on any atom is -0.496 e. The molecule has 15 heavy (non-hydrogen) atoms. The molecular formula is C12H12O3. The van der Waals surface area contributed by atoms with Gasteiger partial charge < -0.3 is 9.47 Å². The van der Waals surface area contributed by atoms with Crippen molar-refractivity contribution in [2.24, 2.45) is 0 Å². The minimum absolute atomic E-state index is 0.0807. The van der Waals surface area contributed by atoms with Gasteiger partial charge in [-0.2, -0.15) is 0 Å². The van der Waals surface area contributed by atoms with Gasteiger partial charge in [-0.05, 0) is 6.07 Å². The number of carbonyl (C=O) groups excluding carboxylic acids is 1. The van der Waals surface area contributed by atoms with Crippen LogP contribution in [-0.2, 0) is 9.53 Å². The highest BCUT2D eigenvalue weighted by Crippen LogP contribution is 2.31. The lowest BCUT2D eigenvalue weighted by molar-refractivity contribution is -0.118. The summed E-state index contributed by atoms with van der Waals surface area (Å²) in [5, 5.41) is 0. The van der Waals surface area contributed by atoms with E-state index in [0.717, 1.165) is 11.3 Å². The Labute approximate surface area is 88.3 Å². The number of ketones is 1. The van der Waals surface area contributed by atoms with E-state index in [9.17, 15) is 4.79 Å². The van der Waals surface area contributed by atoms with Gasteiger partial charge in [0, 0.05) is 11.6 Å². The Morgan fingerprint density at radius 3 is 2.93 bits per heavy atom. The van der Waals surface area contributed by atoms with Gasteiger partial charge in [0.05, 0.1) is 19.8 Å². The van der Waals surface area contributed by atoms with Gasteiger partial charge in [-0.3, -0.25) is 4.79 Å². The molecule has 0 saturated heterocycles. The molecule has 1 aliphatic heterocycles. The zero-order valence-corrected chi connectivity index (χ0v) is 8.47. The maximum absolute atomic E-state index is 11.2. The van der Waals surface area contributed by atoms with Crippen molar-refractivity contribution in [3.8, 4) is 5.75 Å². The molecule has 0 amide bonds. The van der Waals surface area contributed by atoms with Gasteiger partial charge >= 0.3 is 0 Å². The Hall–Kier alpha value is -1.77. The number of ether oxygens (including phenoxy) is 2. The summed E-state index contributed by atoms with van der Waals surface area (Å²) < 4.78 is 10.6. The number of rotatable bonds is 2. The van der Waals surface area contributed by atoms with E-state index in [-0.39, 0.29) is 11.9 Å². The molecule has 0 unspecified atom stereocenters. The zero-order valence-electron chi connectivity index (χ0n) is 8.47. The first-order valence-corrected chi connectivity index (χ1v) is 4.79. The molecule has 0 saturated carbocycles. The van der Waals surface area contributed by atoms with E-state index in [0.29, 0.717) is 6.42 Å². The number of carbonyl (C=O) groups is 1. The number of hydrogen-bond acceptors (Lipinski definition) is 3. The molecular weight excluding hydrogens is 192 g/mol. The van der Waals surface area contributed by atoms with Crippen LogP contribution in [0.5, 0.6) is 5.75 Å². The van der Waals surface area contributed by atoms with E-state index in [1.54, 1.807) is 7.11 Å². The average molecular weight is 204 g/mol. The quantitative estimate of drug-likeness (QED) is 0.741. The second-order valence-corrected chi connectivity index (χ2v) is 3.34. The highest BCUT2D eigenvalue weighted by Gasteiger charge is 2.21. The number of methoxy groups -OCH3 is 1. The fourth-order valence-electron chi connectivity index (χ4n) is 1.62. The van der Waals surface area contributed by atoms with Crippen LogP contribution in [0.2, 0.25) is 0 Å². The molecule has 3 heteroatoms. The van der Waals surface area contributed by atoms with Crippen molar-refractivity contribution >= 4 is 5.78 Å². The third kappa shape index (κ3) is 2.01. The van der Waals surface area contributed by atoms with Crippen LogP contribution in [0.4, 0.5) is 0 Å². The van der Waals surface area contributed by atoms with E-state index >= 15 is 0 Å². The number of para-hydroxylation sites is 1. The third-order valence-electron chi connectivity index (χ3n) is 2.37. The van der Waals surface area contributed by atoms with Crippen LogP contribution in [-0.4, -0.2) is 12.9 Å². The van der Waals surface area contributed by atoms with E-state index in [2.05, 4.69) is 0 Å². The summed E-state index contributed by atoms with van der Waals surface area (Å²) in [5.41, 5.74) is 0.915. The first-order valence-electron chi connectivity index (χ1n) is 4.79. The van der Waals surface area contributed by atoms with Crippen LogP contribution in [0.25, 0.3) is 0 Å². The molecule has 1 aromatic carbocycles. The Kier molecular flexibility index (Phi) is 2.72. The lowest BCUT2D eigenvalue weighted by atomic mass is 10.0. The van der Waals surface area contributed by atoms with Crippen molar-refractivity contribution in [2.75, 3.05) is 7.11 Å². The Morgan fingerprint density at radius 2 is 2.20 bits per heavy atom. The van der Waals surface area contributed by atoms with Crippen LogP contribution in [0.1, 0.15) is 18.1 Å². The van der Waals surface area contributed by atoms with E-state index < -0.39 is 0 Å². The largest absolute Gasteiger partial charge is 0.496 e. The number of allylic oxidation sites excluding steroid dienone is 1. The van der Waals surface area contributed by atoms with Crippen LogP contribution < -0.4 is 4.74 Å². The SMILES string of the molecule is COc1ccccc1[C@H]1CC(=O)C=CO1. The molecule has 0 N–H and O–H groups in total. The van der Waals surface area contributed by atoms with Gasteiger partial charge in [-0.15, -0.1) is 0 Å². The summed E-state index contributed by atoms with van der Waals surface area (Å²) in [7, 11) is 1.61. The van der Waals surface area contributed by atoms with Gasteiger partial charge in [0.25, 0.3) is 0 Å². The van der Waals surface area contributed by atoms with Crippen molar-refractivity contribution in [1.82, 2.24) is 0 Å². The van der Waals surface area contributed by atoms with E-state index in [4.69, 9.17) is 9.47 Å². The molecule has 1 heterocycles. The van der Waals surface area contributed by atoms with Gasteiger partial charge in [0.2, 0.25) is 0 Å². The summed E-state index contributed by atoms with van der Waals surface area (Å²) in [4.78, 5) is 11.2. The third-order valence-corrected chi connectivity index (χ3v) is 2.37. The first kappa shape index (κ1) is 9.77. The minimum atomic E-state index is -0.223. The summed E-state index contributed by atoms with van der Waals surface area (Å²) in [6.45, 7) is 0. The van der Waals surface area contributed by atoms with Crippen LogP contribution in [0.15, 0.2) is 36.6 Å². The molecule has 2 rings (SSSR count). The molecule has 0 spiro atoms. The molecule has 0 fully saturated rings. The fourth-order valence-corrected chi connectivity index (χ4v) is 1.62. The highest BCUT2D eigenvalue weighted by molar-refractivity contribution is 5.90. The van der Waals surface area contributed by atoms with Crippen molar-refractivity contribution in [3.05, 3.63) is 42.2 Å². The molecule has 78 valence electrons. The molecule has 0 radical (unpaired) electrons. The van der Waals surface area contributed by atoms with Crippen molar-refractivity contribution in [1.29, 1.82) is 0 Å². The average Bonchev–Trinajstić information content (AvgIpc) is 2.29. The predicted octanol–water partition coefficient (Wildman–Crippen LogP) is 2.24. The molecule has 0 aromatic heterocycles. The summed E-state index contributed by atoms with van der Waals surface area (Å²) in [6.07, 6.45) is 3.05. The Balaban J connectivity index is 2.29. The summed E-state index contributed by atoms with van der Waals surface area (Å²) in [6, 6.07) is 7.57. The molecule has 3 nitrogen and oxygen atoms in total. The van der Waals surface area contributed by atoms with Gasteiger partial charge in [-0.25, -0.2) is 0 Å². The molecule has 1 atom stereocenters. The second kappa shape index (κ2) is 4.17. The monoisotopic (exact) mass is 204 g/mol. The smallest absolute Gasteiger partial charge is 0.162 e. The lowest BCUT2D eigenvalue weighted by Gasteiger charge is -2.20. The van der Waals surface area contributed by atoms with Crippen LogP contribution in [0.3, 0.4) is 0 Å². The topological polar surface area (TPSA) is 35.5 Å². The maximum Gasteiger partial charge on any atom is 0.162 e. The zero-order chi connectivity index (χ0) is 10.7. The molecule has 1 aliphatic rings. The maximum atomic E-state index is 11.2. The summed E-state index contributed by atoms with van der Waals surface area (Å²) >= 11 is 0. The summed E-state index contributed by atoms with van der Waals surface area (Å²) in [5.74, 6) is 0.836. The van der Waals surface area contributed by atoms with Crippen LogP contribution in [0, 0.1) is 0 Å². The molecule has 0 aliphatic carbocycles. The predicted molar refractivity (Wildman–Crippen MR) is 55.6 cm³/mol. The second-order valence-electron chi connectivity index (χ2n) is 3.34. The Morgan fingerprint density at radius 1 is 1.40 bits per heavy atom. The van der Waals surface area contributed by atoms with E-state index in [1.165, 1.54) is 12.3 Å².